The van der Waals surface area contributed by atoms with Crippen LogP contribution >= 0.6 is 11.8 Å². The summed E-state index contributed by atoms with van der Waals surface area (Å²) in [7, 11) is 0. The second-order valence-electron chi connectivity index (χ2n) is 7.44. The van der Waals surface area contributed by atoms with Gasteiger partial charge >= 0.3 is 212 Å². The zero-order valence-corrected chi connectivity index (χ0v) is 22.7. The summed E-state index contributed by atoms with van der Waals surface area (Å²) in [6.45, 7) is 1.83. The minimum atomic E-state index is 0.254. The Morgan fingerprint density at radius 3 is 1.48 bits per heavy atom. The normalized spacial score (nSPS) is 10.9. The van der Waals surface area contributed by atoms with Crippen molar-refractivity contribution in [1.82, 2.24) is 20.4 Å². The molecule has 0 radical (unpaired) electrons. The zero-order chi connectivity index (χ0) is 22.6. The summed E-state index contributed by atoms with van der Waals surface area (Å²) in [5, 5.41) is 24.3. The Labute approximate surface area is 211 Å². The van der Waals surface area contributed by atoms with Gasteiger partial charge in [-0.15, -0.1) is 0 Å². The fourth-order valence-corrected chi connectivity index (χ4v) is 7.86. The topological polar surface area (TPSA) is 75.6 Å². The SMILES string of the molecule is c1ccc(CCNc2nnc(CCSCCc3nnc(NCCc4ccccc4)[se]3)[se]2)cc1. The molecule has 2 heterocycles. The first-order valence-corrected chi connectivity index (χ1v) is 15.7. The van der Waals surface area contributed by atoms with Crippen LogP contribution < -0.4 is 10.6 Å². The van der Waals surface area contributed by atoms with Gasteiger partial charge in [0, 0.05) is 0 Å². The molecule has 0 aliphatic heterocycles. The van der Waals surface area contributed by atoms with Crippen LogP contribution in [0.3, 0.4) is 0 Å². The molecule has 2 N–H and O–H groups in total. The van der Waals surface area contributed by atoms with E-state index in [9.17, 15) is 0 Å². The quantitative estimate of drug-likeness (QED) is 0.173. The number of benzene rings is 2. The predicted molar refractivity (Wildman–Crippen MR) is 140 cm³/mol. The molecule has 0 aliphatic carbocycles. The number of nitrogens with one attached hydrogen (secondary N) is 2. The molecule has 2 aromatic carbocycles. The van der Waals surface area contributed by atoms with Gasteiger partial charge < -0.3 is 0 Å². The van der Waals surface area contributed by atoms with Gasteiger partial charge in [0.15, 0.2) is 0 Å². The van der Waals surface area contributed by atoms with E-state index in [0.29, 0.717) is 0 Å². The molecule has 2 aromatic heterocycles. The van der Waals surface area contributed by atoms with Crippen molar-refractivity contribution in [2.45, 2.75) is 25.7 Å². The van der Waals surface area contributed by atoms with Gasteiger partial charge in [0.1, 0.15) is 0 Å². The molecular formula is C24H28N6SSe2. The Hall–Kier alpha value is -1.89. The van der Waals surface area contributed by atoms with Gasteiger partial charge in [-0.1, -0.05) is 0 Å². The number of aromatic nitrogens is 4. The number of rotatable bonds is 14. The van der Waals surface area contributed by atoms with E-state index in [4.69, 9.17) is 0 Å². The first-order valence-electron chi connectivity index (χ1n) is 11.1. The van der Waals surface area contributed by atoms with Gasteiger partial charge in [0.05, 0.1) is 0 Å². The van der Waals surface area contributed by atoms with E-state index >= 15 is 0 Å². The standard InChI is InChI=1S/C24H28N6SSe2/c1-3-7-19(8-4-1)11-15-25-23-29-27-21(32-23)13-17-31-18-14-22-28-30-24(33-22)26-16-12-20-9-5-2-6-10-20/h1-10H,11-18H2,(H,25,29)(H,26,30). The van der Waals surface area contributed by atoms with Crippen molar-refractivity contribution < 1.29 is 0 Å². The molecule has 0 amide bonds. The predicted octanol–water partition coefficient (Wildman–Crippen LogP) is 3.21. The monoisotopic (exact) mass is 592 g/mol. The Kier molecular flexibility index (Phi) is 10.1. The van der Waals surface area contributed by atoms with Crippen molar-refractivity contribution in [2.24, 2.45) is 0 Å². The molecule has 0 unspecified atom stereocenters. The molecule has 33 heavy (non-hydrogen) atoms. The average Bonchev–Trinajstić information content (AvgIpc) is 3.50. The minimum absolute atomic E-state index is 0.254. The molecule has 0 saturated heterocycles. The number of hydrogen-bond donors (Lipinski definition) is 2. The van der Waals surface area contributed by atoms with Crippen LogP contribution in [0.15, 0.2) is 60.7 Å². The van der Waals surface area contributed by atoms with Crippen LogP contribution in [0.2, 0.25) is 0 Å². The third-order valence-electron chi connectivity index (χ3n) is 4.92. The fraction of sp³-hybridized carbons (Fsp3) is 0.333. The summed E-state index contributed by atoms with van der Waals surface area (Å²) in [6, 6.07) is 21.1. The molecule has 0 atom stereocenters. The molecule has 0 saturated carbocycles. The van der Waals surface area contributed by atoms with Crippen LogP contribution in [0.5, 0.6) is 0 Å². The summed E-state index contributed by atoms with van der Waals surface area (Å²) in [5.74, 6) is 2.19. The van der Waals surface area contributed by atoms with Crippen LogP contribution in [0.4, 0.5) is 9.38 Å². The summed E-state index contributed by atoms with van der Waals surface area (Å²) in [5.41, 5.74) is 2.70. The fourth-order valence-electron chi connectivity index (χ4n) is 3.19. The van der Waals surface area contributed by atoms with E-state index in [0.717, 1.165) is 59.7 Å². The van der Waals surface area contributed by atoms with Gasteiger partial charge in [-0.3, -0.25) is 0 Å². The zero-order valence-electron chi connectivity index (χ0n) is 18.4. The van der Waals surface area contributed by atoms with Crippen molar-refractivity contribution in [3.05, 3.63) is 80.9 Å². The summed E-state index contributed by atoms with van der Waals surface area (Å²) >= 11 is 2.48. The number of hydrogen-bond acceptors (Lipinski definition) is 7. The van der Waals surface area contributed by atoms with Crippen molar-refractivity contribution >= 4 is 50.2 Å². The van der Waals surface area contributed by atoms with E-state index in [1.807, 2.05) is 11.8 Å². The molecule has 0 aliphatic rings. The molecular weight excluding hydrogens is 562 g/mol. The molecule has 4 aromatic rings. The maximum atomic E-state index is 4.39. The molecule has 0 bridgehead atoms. The van der Waals surface area contributed by atoms with Crippen molar-refractivity contribution in [1.29, 1.82) is 0 Å². The van der Waals surface area contributed by atoms with Gasteiger partial charge in [0.25, 0.3) is 0 Å². The van der Waals surface area contributed by atoms with Crippen LogP contribution in [0.25, 0.3) is 0 Å². The molecule has 9 heteroatoms. The molecule has 6 nitrogen and oxygen atoms in total. The van der Waals surface area contributed by atoms with Crippen molar-refractivity contribution in [3.8, 4) is 0 Å². The van der Waals surface area contributed by atoms with E-state index in [1.165, 1.54) is 20.3 Å². The second kappa shape index (κ2) is 13.7. The Balaban J connectivity index is 1.06. The van der Waals surface area contributed by atoms with Crippen LogP contribution in [-0.2, 0) is 25.7 Å². The Morgan fingerprint density at radius 2 is 1.03 bits per heavy atom. The summed E-state index contributed by atoms with van der Waals surface area (Å²) in [6.07, 6.45) is 4.08. The van der Waals surface area contributed by atoms with E-state index in [1.54, 1.807) is 0 Å². The van der Waals surface area contributed by atoms with Crippen LogP contribution in [-0.4, -0.2) is 74.0 Å². The van der Waals surface area contributed by atoms with E-state index in [-0.39, 0.29) is 29.0 Å². The van der Waals surface area contributed by atoms with Crippen LogP contribution in [0.1, 0.15) is 20.3 Å². The Morgan fingerprint density at radius 1 is 0.576 bits per heavy atom. The maximum absolute atomic E-state index is 4.39. The molecule has 0 spiro atoms. The van der Waals surface area contributed by atoms with Crippen molar-refractivity contribution in [2.75, 3.05) is 35.2 Å². The van der Waals surface area contributed by atoms with Gasteiger partial charge in [-0.25, -0.2) is 0 Å². The third kappa shape index (κ3) is 8.76. The summed E-state index contributed by atoms with van der Waals surface area (Å²) in [4.78, 5) is 0. The molecule has 0 fully saturated rings. The van der Waals surface area contributed by atoms with E-state index in [2.05, 4.69) is 91.7 Å². The van der Waals surface area contributed by atoms with Gasteiger partial charge in [-0.2, -0.15) is 0 Å². The van der Waals surface area contributed by atoms with Crippen LogP contribution in [0, 0.1) is 0 Å². The van der Waals surface area contributed by atoms with Gasteiger partial charge in [0.2, 0.25) is 0 Å². The Bertz CT molecular complexity index is 985. The van der Waals surface area contributed by atoms with Gasteiger partial charge in [-0.05, 0) is 0 Å². The average molecular weight is 591 g/mol. The molecule has 4 rings (SSSR count). The first kappa shape index (κ1) is 24.2. The molecule has 172 valence electrons. The number of nitrogens with zero attached hydrogens (tertiary/aromatic N) is 4. The van der Waals surface area contributed by atoms with Crippen molar-refractivity contribution in [3.63, 3.8) is 0 Å². The third-order valence-corrected chi connectivity index (χ3v) is 9.85. The number of thioether (sulfide) groups is 1. The number of aryl methyl sites for hydroxylation is 2. The second-order valence-corrected chi connectivity index (χ2v) is 13.1. The summed E-state index contributed by atoms with van der Waals surface area (Å²) < 4.78 is 4.61. The number of anilines is 2. The first-order chi connectivity index (χ1) is 16.3. The van der Waals surface area contributed by atoms with E-state index < -0.39 is 0 Å².